The molecule has 5 atom stereocenters. The molecule has 0 aliphatic rings. The highest BCUT2D eigenvalue weighted by molar-refractivity contribution is 7.47. The van der Waals surface area contributed by atoms with Crippen LogP contribution in [0.5, 0.6) is 0 Å². The van der Waals surface area contributed by atoms with Crippen molar-refractivity contribution in [2.24, 2.45) is 11.8 Å². The number of phosphoric acid groups is 2. The smallest absolute Gasteiger partial charge is 0.462 e. The van der Waals surface area contributed by atoms with Crippen molar-refractivity contribution < 1.29 is 80.2 Å². The number of carbonyl (C=O) groups is 4. The number of aliphatic hydroxyl groups excluding tert-OH is 1. The summed E-state index contributed by atoms with van der Waals surface area (Å²) >= 11 is 0. The molecular weight excluding hydrogens is 1390 g/mol. The van der Waals surface area contributed by atoms with E-state index in [0.717, 1.165) is 102 Å². The average molecular weight is 1560 g/mol. The van der Waals surface area contributed by atoms with E-state index in [-0.39, 0.29) is 25.7 Å². The van der Waals surface area contributed by atoms with Gasteiger partial charge < -0.3 is 33.8 Å². The summed E-state index contributed by atoms with van der Waals surface area (Å²) in [7, 11) is -9.93. The Kier molecular flexibility index (Phi) is 77.9. The molecule has 0 heterocycles. The Morgan fingerprint density at radius 2 is 0.430 bits per heavy atom. The Hall–Kier alpha value is -1.94. The lowest BCUT2D eigenvalue weighted by molar-refractivity contribution is -0.161. The third-order valence-corrected chi connectivity index (χ3v) is 22.6. The molecule has 3 N–H and O–H groups in total. The van der Waals surface area contributed by atoms with Crippen LogP contribution in [-0.4, -0.2) is 96.7 Å². The summed E-state index contributed by atoms with van der Waals surface area (Å²) in [5.41, 5.74) is 0. The minimum Gasteiger partial charge on any atom is -0.462 e. The Morgan fingerprint density at radius 1 is 0.252 bits per heavy atom. The molecule has 0 aromatic carbocycles. The molecule has 0 aromatic rings. The van der Waals surface area contributed by atoms with Crippen molar-refractivity contribution in [1.82, 2.24) is 0 Å². The summed E-state index contributed by atoms with van der Waals surface area (Å²) in [6, 6.07) is 0. The molecule has 0 aliphatic carbocycles. The first-order chi connectivity index (χ1) is 51.9. The molecule has 636 valence electrons. The third kappa shape index (κ3) is 81.9. The lowest BCUT2D eigenvalue weighted by Gasteiger charge is -2.21. The molecule has 0 radical (unpaired) electrons. The Bertz CT molecular complexity index is 2050. The van der Waals surface area contributed by atoms with Crippen molar-refractivity contribution in [3.8, 4) is 0 Å². The predicted molar refractivity (Wildman–Crippen MR) is 442 cm³/mol. The number of hydrogen-bond donors (Lipinski definition) is 3. The fraction of sp³-hybridized carbons (Fsp3) is 0.955. The zero-order chi connectivity index (χ0) is 78.5. The van der Waals surface area contributed by atoms with Crippen molar-refractivity contribution in [1.29, 1.82) is 0 Å². The van der Waals surface area contributed by atoms with Crippen LogP contribution in [0.15, 0.2) is 0 Å². The van der Waals surface area contributed by atoms with Crippen molar-refractivity contribution in [2.45, 2.75) is 490 Å². The molecule has 107 heavy (non-hydrogen) atoms. The van der Waals surface area contributed by atoms with Gasteiger partial charge in [0.15, 0.2) is 12.2 Å². The highest BCUT2D eigenvalue weighted by atomic mass is 31.2. The fourth-order valence-corrected chi connectivity index (χ4v) is 15.4. The molecule has 0 amide bonds. The van der Waals surface area contributed by atoms with Crippen LogP contribution in [0.3, 0.4) is 0 Å². The van der Waals surface area contributed by atoms with Gasteiger partial charge in [-0.25, -0.2) is 9.13 Å². The maximum absolute atomic E-state index is 13.2. The molecule has 0 bridgehead atoms. The maximum atomic E-state index is 13.2. The topological polar surface area (TPSA) is 237 Å². The maximum Gasteiger partial charge on any atom is 0.472 e. The number of unbranched alkanes of at least 4 members (excludes halogenated alkanes) is 57. The first kappa shape index (κ1) is 105. The lowest BCUT2D eigenvalue weighted by atomic mass is 10.0. The number of aliphatic hydroxyl groups is 1. The van der Waals surface area contributed by atoms with Gasteiger partial charge in [-0.05, 0) is 37.5 Å². The summed E-state index contributed by atoms with van der Waals surface area (Å²) in [5.74, 6) is -0.661. The molecule has 19 heteroatoms. The normalized spacial score (nSPS) is 13.8. The van der Waals surface area contributed by atoms with E-state index in [1.165, 1.54) is 283 Å². The summed E-state index contributed by atoms with van der Waals surface area (Å²) in [6.07, 6.45) is 72.7. The van der Waals surface area contributed by atoms with E-state index in [4.69, 9.17) is 37.0 Å². The van der Waals surface area contributed by atoms with Gasteiger partial charge >= 0.3 is 39.5 Å². The van der Waals surface area contributed by atoms with E-state index >= 15 is 0 Å². The Balaban J connectivity index is 5.18. The van der Waals surface area contributed by atoms with Gasteiger partial charge in [-0.15, -0.1) is 0 Å². The SMILES string of the molecule is CCCCCCCCCCCCCCCCCCCCCCCCC(=O)OC[C@H](COP(=O)(O)OC[C@@H](O)COP(=O)(O)OC[C@@H](COC(=O)CCCCCCCCC(C)C)OC(=O)CCCCCCCCCCCCCC(C)C)OC(=O)CCCCCCCCCCCCCCCCCCCCCCCC. The molecule has 0 saturated carbocycles. The van der Waals surface area contributed by atoms with Gasteiger partial charge in [-0.1, -0.05) is 420 Å². The van der Waals surface area contributed by atoms with E-state index < -0.39 is 97.5 Å². The van der Waals surface area contributed by atoms with Crippen molar-refractivity contribution in [2.75, 3.05) is 39.6 Å². The molecule has 0 fully saturated rings. The van der Waals surface area contributed by atoms with Gasteiger partial charge in [0.05, 0.1) is 26.4 Å². The van der Waals surface area contributed by atoms with Crippen molar-refractivity contribution >= 4 is 39.5 Å². The van der Waals surface area contributed by atoms with Gasteiger partial charge in [0.2, 0.25) is 0 Å². The van der Waals surface area contributed by atoms with Crippen LogP contribution in [0.1, 0.15) is 472 Å². The summed E-state index contributed by atoms with van der Waals surface area (Å²) in [6.45, 7) is 9.58. The van der Waals surface area contributed by atoms with Gasteiger partial charge in [-0.2, -0.15) is 0 Å². The van der Waals surface area contributed by atoms with Crippen LogP contribution in [0.25, 0.3) is 0 Å². The number of ether oxygens (including phenoxy) is 4. The van der Waals surface area contributed by atoms with Gasteiger partial charge in [-0.3, -0.25) is 37.3 Å². The van der Waals surface area contributed by atoms with Crippen LogP contribution >= 0.6 is 15.6 Å². The van der Waals surface area contributed by atoms with Gasteiger partial charge in [0.25, 0.3) is 0 Å². The van der Waals surface area contributed by atoms with E-state index in [9.17, 15) is 43.2 Å². The first-order valence-corrected chi connectivity index (χ1v) is 48.5. The number of hydrogen-bond acceptors (Lipinski definition) is 15. The zero-order valence-electron chi connectivity index (χ0n) is 70.5. The summed E-state index contributed by atoms with van der Waals surface area (Å²) < 4.78 is 68.9. The van der Waals surface area contributed by atoms with Crippen molar-refractivity contribution in [3.63, 3.8) is 0 Å². The Morgan fingerprint density at radius 3 is 0.636 bits per heavy atom. The molecule has 2 unspecified atom stereocenters. The van der Waals surface area contributed by atoms with Crippen LogP contribution < -0.4 is 0 Å². The average Bonchev–Trinajstić information content (AvgIpc) is 0.942. The van der Waals surface area contributed by atoms with E-state index in [1.807, 2.05) is 0 Å². The Labute approximate surface area is 658 Å². The van der Waals surface area contributed by atoms with Crippen LogP contribution in [-0.2, 0) is 65.4 Å². The first-order valence-electron chi connectivity index (χ1n) is 45.5. The highest BCUT2D eigenvalue weighted by Gasteiger charge is 2.30. The molecular formula is C88H172O17P2. The fourth-order valence-electron chi connectivity index (χ4n) is 13.8. The second-order valence-corrected chi connectivity index (χ2v) is 35.5. The van der Waals surface area contributed by atoms with E-state index in [2.05, 4.69) is 41.5 Å². The zero-order valence-corrected chi connectivity index (χ0v) is 72.2. The number of rotatable bonds is 87. The minimum absolute atomic E-state index is 0.106. The molecule has 0 aromatic heterocycles. The highest BCUT2D eigenvalue weighted by Crippen LogP contribution is 2.45. The molecule has 0 aliphatic heterocycles. The number of carbonyl (C=O) groups excluding carboxylic acids is 4. The summed E-state index contributed by atoms with van der Waals surface area (Å²) in [5, 5.41) is 10.7. The van der Waals surface area contributed by atoms with Crippen LogP contribution in [0, 0.1) is 11.8 Å². The quantitative estimate of drug-likeness (QED) is 0.0222. The van der Waals surface area contributed by atoms with Gasteiger partial charge in [0, 0.05) is 25.7 Å². The largest absolute Gasteiger partial charge is 0.472 e. The van der Waals surface area contributed by atoms with Crippen LogP contribution in [0.4, 0.5) is 0 Å². The monoisotopic (exact) mass is 1560 g/mol. The van der Waals surface area contributed by atoms with Crippen LogP contribution in [0.2, 0.25) is 0 Å². The standard InChI is InChI=1S/C88H172O17P2/c1-7-9-11-13-15-17-19-21-23-25-27-29-31-33-35-37-39-43-47-51-58-64-70-85(90)98-76-83(104-87(92)72-66-60-52-48-44-40-38-36-34-32-30-28-26-24-22-20-18-16-14-12-10-8-2)78-102-106(94,95)100-74-82(89)75-101-107(96,97)103-79-84(77-99-86(91)71-65-59-55-54-57-63-69-81(5)6)105-88(93)73-67-61-53-49-45-41-42-46-50-56-62-68-80(3)4/h80-84,89H,7-79H2,1-6H3,(H,94,95)(H,96,97)/t82-,83-,84-/m1/s1. The molecule has 0 spiro atoms. The lowest BCUT2D eigenvalue weighted by Crippen LogP contribution is -2.30. The minimum atomic E-state index is -4.97. The number of esters is 4. The predicted octanol–water partition coefficient (Wildman–Crippen LogP) is 27.0. The van der Waals surface area contributed by atoms with Crippen molar-refractivity contribution in [3.05, 3.63) is 0 Å². The number of phosphoric ester groups is 2. The van der Waals surface area contributed by atoms with E-state index in [1.54, 1.807) is 0 Å². The second-order valence-electron chi connectivity index (χ2n) is 32.6. The molecule has 0 rings (SSSR count). The van der Waals surface area contributed by atoms with Gasteiger partial charge in [0.1, 0.15) is 19.3 Å². The van der Waals surface area contributed by atoms with E-state index in [0.29, 0.717) is 31.6 Å². The molecule has 0 saturated heterocycles. The molecule has 17 nitrogen and oxygen atoms in total. The third-order valence-electron chi connectivity index (χ3n) is 20.7. The summed E-state index contributed by atoms with van der Waals surface area (Å²) in [4.78, 5) is 73.2. The second kappa shape index (κ2) is 79.3.